The number of hydrogen-bond donors (Lipinski definition) is 0. The van der Waals surface area contributed by atoms with E-state index in [2.05, 4.69) is 17.5 Å². The molecule has 1 amide bonds. The molecule has 260 valence electrons. The van der Waals surface area contributed by atoms with Crippen LogP contribution in [0.3, 0.4) is 0 Å². The number of nitriles is 1. The zero-order valence-electron chi connectivity index (χ0n) is 27.1. The molecular weight excluding hydrogens is 672 g/mol. The minimum absolute atomic E-state index is 0.0345. The SMILES string of the molecule is C=C(F)C(=O)N1CCN(c2nc(OC[C@@]34CCCN3C[C@H](F)C4)nc3c(OC4CC4)c(-c4cccc5sc(F)c(F)c45)ccc23)C[C@@H]1CC#N. The van der Waals surface area contributed by atoms with Crippen molar-refractivity contribution >= 4 is 44.1 Å². The zero-order chi connectivity index (χ0) is 34.7. The van der Waals surface area contributed by atoms with Crippen molar-refractivity contribution < 1.29 is 31.8 Å². The van der Waals surface area contributed by atoms with E-state index in [0.717, 1.165) is 43.6 Å². The van der Waals surface area contributed by atoms with Crippen molar-refractivity contribution in [1.29, 1.82) is 5.26 Å². The predicted molar refractivity (Wildman–Crippen MR) is 181 cm³/mol. The number of hydrogen-bond acceptors (Lipinski definition) is 9. The van der Waals surface area contributed by atoms with Crippen LogP contribution in [0.2, 0.25) is 0 Å². The van der Waals surface area contributed by atoms with Gasteiger partial charge in [-0.3, -0.25) is 9.69 Å². The van der Waals surface area contributed by atoms with E-state index in [-0.39, 0.29) is 50.2 Å². The summed E-state index contributed by atoms with van der Waals surface area (Å²) in [5, 5.41) is 9.42. The zero-order valence-corrected chi connectivity index (χ0v) is 28.0. The van der Waals surface area contributed by atoms with Crippen LogP contribution < -0.4 is 14.4 Å². The second-order valence-corrected chi connectivity index (χ2v) is 14.6. The molecule has 4 aliphatic rings. The number of aromatic nitrogens is 2. The van der Waals surface area contributed by atoms with Gasteiger partial charge in [0.1, 0.15) is 24.1 Å². The Kier molecular flexibility index (Phi) is 8.30. The predicted octanol–water partition coefficient (Wildman–Crippen LogP) is 6.70. The summed E-state index contributed by atoms with van der Waals surface area (Å²) in [5.41, 5.74) is 0.902. The molecule has 0 unspecified atom stereocenters. The Bertz CT molecular complexity index is 2070. The quantitative estimate of drug-likeness (QED) is 0.140. The lowest BCUT2D eigenvalue weighted by atomic mass is 9.95. The highest BCUT2D eigenvalue weighted by Crippen LogP contribution is 2.46. The first-order valence-corrected chi connectivity index (χ1v) is 17.6. The molecule has 2 aromatic carbocycles. The van der Waals surface area contributed by atoms with E-state index in [4.69, 9.17) is 19.4 Å². The summed E-state index contributed by atoms with van der Waals surface area (Å²) < 4.78 is 71.7. The third-order valence-corrected chi connectivity index (χ3v) is 11.2. The molecular formula is C36H34F4N6O3S. The van der Waals surface area contributed by atoms with Gasteiger partial charge in [-0.05, 0) is 56.0 Å². The number of carbonyl (C=O) groups excluding carboxylic acids is 1. The third kappa shape index (κ3) is 5.70. The van der Waals surface area contributed by atoms with Crippen molar-refractivity contribution in [1.82, 2.24) is 19.8 Å². The van der Waals surface area contributed by atoms with Crippen LogP contribution in [0.1, 0.15) is 38.5 Å². The first-order valence-electron chi connectivity index (χ1n) is 16.8. The molecule has 0 bridgehead atoms. The molecule has 0 radical (unpaired) electrons. The maximum atomic E-state index is 15.2. The van der Waals surface area contributed by atoms with Gasteiger partial charge in [-0.2, -0.15) is 19.6 Å². The third-order valence-electron chi connectivity index (χ3n) is 10.3. The van der Waals surface area contributed by atoms with Crippen molar-refractivity contribution in [2.75, 3.05) is 44.2 Å². The number of carbonyl (C=O) groups is 1. The monoisotopic (exact) mass is 706 g/mol. The first-order chi connectivity index (χ1) is 24.2. The molecule has 0 N–H and O–H groups in total. The number of halogens is 4. The van der Waals surface area contributed by atoms with Crippen LogP contribution in [-0.2, 0) is 4.79 Å². The Labute approximate surface area is 289 Å². The normalized spacial score (nSPS) is 23.7. The first kappa shape index (κ1) is 32.7. The highest BCUT2D eigenvalue weighted by Gasteiger charge is 2.49. The average molecular weight is 707 g/mol. The van der Waals surface area contributed by atoms with E-state index in [1.165, 1.54) is 4.90 Å². The number of amides is 1. The molecule has 50 heavy (non-hydrogen) atoms. The standard InChI is InChI=1S/C36H34F4N6O3S/c1-20(37)34(47)46-15-14-44(18-22(46)10-12-41)33-26-9-8-25(24-4-2-5-27-28(24)29(39)32(40)50-27)31(49-23-6-7-23)30(26)42-35(43-33)48-19-36-11-3-13-45(36)17-21(38)16-36/h2,4-5,8-9,21-23H,1,3,6-7,10-11,13-19H2/t21-,22+,36+/m1/s1. The Morgan fingerprint density at radius 1 is 1.12 bits per heavy atom. The van der Waals surface area contributed by atoms with Crippen LogP contribution in [0.4, 0.5) is 23.4 Å². The maximum absolute atomic E-state index is 15.2. The fourth-order valence-corrected chi connectivity index (χ4v) is 8.66. The van der Waals surface area contributed by atoms with Gasteiger partial charge in [0.15, 0.2) is 17.4 Å². The van der Waals surface area contributed by atoms with Crippen LogP contribution in [0.5, 0.6) is 11.8 Å². The van der Waals surface area contributed by atoms with Gasteiger partial charge in [-0.1, -0.05) is 18.7 Å². The number of alkyl halides is 1. The summed E-state index contributed by atoms with van der Waals surface area (Å²) in [6.45, 7) is 5.01. The summed E-state index contributed by atoms with van der Waals surface area (Å²) >= 11 is 0.735. The number of benzene rings is 2. The van der Waals surface area contributed by atoms with Gasteiger partial charge in [0.25, 0.3) is 5.91 Å². The lowest BCUT2D eigenvalue weighted by Crippen LogP contribution is -2.55. The van der Waals surface area contributed by atoms with Crippen molar-refractivity contribution in [2.24, 2.45) is 0 Å². The molecule has 1 aliphatic carbocycles. The number of nitrogens with zero attached hydrogens (tertiary/aromatic N) is 6. The number of rotatable bonds is 9. The largest absolute Gasteiger partial charge is 0.487 e. The fourth-order valence-electron chi connectivity index (χ4n) is 7.83. The molecule has 8 rings (SSSR count). The van der Waals surface area contributed by atoms with Crippen LogP contribution in [0.25, 0.3) is 32.1 Å². The van der Waals surface area contributed by atoms with Crippen molar-refractivity contribution in [3.05, 3.63) is 53.7 Å². The number of ether oxygens (including phenoxy) is 2. The highest BCUT2D eigenvalue weighted by atomic mass is 32.1. The minimum Gasteiger partial charge on any atom is -0.487 e. The fraction of sp³-hybridized carbons (Fsp3) is 0.444. The van der Waals surface area contributed by atoms with Crippen LogP contribution in [-0.4, -0.2) is 88.9 Å². The minimum atomic E-state index is -1.10. The highest BCUT2D eigenvalue weighted by molar-refractivity contribution is 7.17. The number of anilines is 1. The van der Waals surface area contributed by atoms with E-state index in [9.17, 15) is 23.2 Å². The molecule has 3 aliphatic heterocycles. The van der Waals surface area contributed by atoms with Gasteiger partial charge in [-0.15, -0.1) is 11.3 Å². The Morgan fingerprint density at radius 3 is 2.74 bits per heavy atom. The van der Waals surface area contributed by atoms with E-state index in [0.29, 0.717) is 51.3 Å². The van der Waals surface area contributed by atoms with Gasteiger partial charge in [0, 0.05) is 53.6 Å². The molecule has 9 nitrogen and oxygen atoms in total. The second kappa shape index (κ2) is 12.7. The Morgan fingerprint density at radius 2 is 1.96 bits per heavy atom. The van der Waals surface area contributed by atoms with Gasteiger partial charge in [-0.25, -0.2) is 13.2 Å². The van der Waals surface area contributed by atoms with E-state index in [1.807, 2.05) is 4.90 Å². The second-order valence-electron chi connectivity index (χ2n) is 13.6. The van der Waals surface area contributed by atoms with Crippen molar-refractivity contribution in [3.8, 4) is 29.0 Å². The summed E-state index contributed by atoms with van der Waals surface area (Å²) in [6.07, 6.45) is 2.61. The molecule has 2 aromatic heterocycles. The van der Waals surface area contributed by atoms with Crippen molar-refractivity contribution in [3.63, 3.8) is 0 Å². The summed E-state index contributed by atoms with van der Waals surface area (Å²) in [6, 6.07) is 10.2. The average Bonchev–Trinajstić information content (AvgIpc) is 3.66. The molecule has 1 saturated carbocycles. The van der Waals surface area contributed by atoms with E-state index in [1.54, 1.807) is 30.3 Å². The van der Waals surface area contributed by atoms with Crippen LogP contribution in [0, 0.1) is 22.3 Å². The smallest absolute Gasteiger partial charge is 0.319 e. The number of piperazine rings is 1. The van der Waals surface area contributed by atoms with E-state index >= 15 is 4.39 Å². The summed E-state index contributed by atoms with van der Waals surface area (Å²) in [7, 11) is 0. The van der Waals surface area contributed by atoms with Gasteiger partial charge in [0.2, 0.25) is 5.13 Å². The summed E-state index contributed by atoms with van der Waals surface area (Å²) in [5.74, 6) is -2.06. The van der Waals surface area contributed by atoms with E-state index < -0.39 is 40.4 Å². The van der Waals surface area contributed by atoms with Crippen LogP contribution >= 0.6 is 11.3 Å². The number of thiophene rings is 1. The molecule has 5 heterocycles. The van der Waals surface area contributed by atoms with Gasteiger partial charge < -0.3 is 19.3 Å². The Hall–Kier alpha value is -4.48. The van der Waals surface area contributed by atoms with Gasteiger partial charge >= 0.3 is 6.01 Å². The van der Waals surface area contributed by atoms with Crippen LogP contribution in [0.15, 0.2) is 42.7 Å². The lowest BCUT2D eigenvalue weighted by Gasteiger charge is -2.41. The Balaban J connectivity index is 1.27. The topological polar surface area (TPSA) is 94.8 Å². The van der Waals surface area contributed by atoms with Crippen molar-refractivity contribution in [2.45, 2.75) is 62.4 Å². The summed E-state index contributed by atoms with van der Waals surface area (Å²) in [4.78, 5) is 27.7. The molecule has 0 spiro atoms. The lowest BCUT2D eigenvalue weighted by molar-refractivity contribution is -0.131. The maximum Gasteiger partial charge on any atom is 0.319 e. The molecule has 3 atom stereocenters. The molecule has 4 fully saturated rings. The molecule has 4 aromatic rings. The molecule has 14 heteroatoms. The van der Waals surface area contributed by atoms with Gasteiger partial charge in [0.05, 0.1) is 30.2 Å². The molecule has 3 saturated heterocycles. The number of fused-ring (bicyclic) bond motifs is 3.